The number of carbonyl (C=O) groups excluding carboxylic acids is 2. The number of amides is 2. The minimum absolute atomic E-state index is 0.0214. The van der Waals surface area contributed by atoms with Gasteiger partial charge in [0.15, 0.2) is 0 Å². The summed E-state index contributed by atoms with van der Waals surface area (Å²) < 4.78 is 1.93. The van der Waals surface area contributed by atoms with Crippen molar-refractivity contribution in [3.63, 3.8) is 0 Å². The molecule has 110 valence electrons. The first-order chi connectivity index (χ1) is 9.52. The van der Waals surface area contributed by atoms with Crippen LogP contribution in [0.1, 0.15) is 26.1 Å². The fraction of sp³-hybridized carbons (Fsp3) is 0.643. The van der Waals surface area contributed by atoms with E-state index >= 15 is 0 Å². The summed E-state index contributed by atoms with van der Waals surface area (Å²) in [5.74, 6) is 1.02. The van der Waals surface area contributed by atoms with Crippen LogP contribution >= 0.6 is 0 Å². The lowest BCUT2D eigenvalue weighted by Crippen LogP contribution is -2.60. The highest BCUT2D eigenvalue weighted by atomic mass is 16.2. The number of aryl methyl sites for hydroxylation is 1. The summed E-state index contributed by atoms with van der Waals surface area (Å²) in [7, 11) is 1.93. The van der Waals surface area contributed by atoms with Gasteiger partial charge < -0.3 is 14.8 Å². The molecular formula is C14H22N4O2. The van der Waals surface area contributed by atoms with Crippen LogP contribution in [0.2, 0.25) is 0 Å². The number of aromatic nitrogens is 2. The Hall–Kier alpha value is -1.85. The normalized spacial score (nSPS) is 20.9. The Bertz CT molecular complexity index is 497. The Morgan fingerprint density at radius 2 is 2.25 bits per heavy atom. The van der Waals surface area contributed by atoms with Crippen LogP contribution < -0.4 is 5.32 Å². The molecule has 0 bridgehead atoms. The molecule has 1 fully saturated rings. The zero-order valence-corrected chi connectivity index (χ0v) is 12.3. The predicted molar refractivity (Wildman–Crippen MR) is 74.9 cm³/mol. The summed E-state index contributed by atoms with van der Waals surface area (Å²) in [6.45, 7) is 4.70. The Morgan fingerprint density at radius 3 is 2.85 bits per heavy atom. The second-order valence-electron chi connectivity index (χ2n) is 5.39. The van der Waals surface area contributed by atoms with Crippen molar-refractivity contribution in [3.8, 4) is 0 Å². The van der Waals surface area contributed by atoms with Crippen molar-refractivity contribution < 1.29 is 9.59 Å². The third-order valence-corrected chi connectivity index (χ3v) is 3.97. The lowest BCUT2D eigenvalue weighted by molar-refractivity contribution is -0.145. The standard InChI is InChI=1S/C14H22N4O2/c1-4-10(2)13-14(20)18(9-12(19)16-13)7-5-11-15-6-8-17(11)3/h6,8,10,13H,4-5,7,9H2,1-3H3,(H,16,19). The Labute approximate surface area is 119 Å². The highest BCUT2D eigenvalue weighted by Crippen LogP contribution is 2.14. The number of imidazole rings is 1. The van der Waals surface area contributed by atoms with E-state index in [2.05, 4.69) is 10.3 Å². The minimum atomic E-state index is -0.386. The van der Waals surface area contributed by atoms with Crippen LogP contribution in [0, 0.1) is 5.92 Å². The van der Waals surface area contributed by atoms with Gasteiger partial charge in [-0.2, -0.15) is 0 Å². The average Bonchev–Trinajstić information content (AvgIpc) is 2.84. The fourth-order valence-electron chi connectivity index (χ4n) is 2.41. The smallest absolute Gasteiger partial charge is 0.245 e. The lowest BCUT2D eigenvalue weighted by atomic mass is 9.96. The van der Waals surface area contributed by atoms with Gasteiger partial charge in [-0.05, 0) is 5.92 Å². The van der Waals surface area contributed by atoms with Crippen molar-refractivity contribution in [1.82, 2.24) is 19.8 Å². The van der Waals surface area contributed by atoms with Gasteiger partial charge in [-0.25, -0.2) is 4.98 Å². The van der Waals surface area contributed by atoms with E-state index in [4.69, 9.17) is 0 Å². The van der Waals surface area contributed by atoms with Gasteiger partial charge in [0.1, 0.15) is 11.9 Å². The third-order valence-electron chi connectivity index (χ3n) is 3.97. The second-order valence-corrected chi connectivity index (χ2v) is 5.39. The zero-order valence-electron chi connectivity index (χ0n) is 12.3. The fourth-order valence-corrected chi connectivity index (χ4v) is 2.41. The largest absolute Gasteiger partial charge is 0.342 e. The molecule has 6 nitrogen and oxygen atoms in total. The summed E-state index contributed by atoms with van der Waals surface area (Å²) in [5, 5.41) is 2.80. The number of nitrogens with one attached hydrogen (secondary N) is 1. The van der Waals surface area contributed by atoms with Crippen molar-refractivity contribution in [2.75, 3.05) is 13.1 Å². The summed E-state index contributed by atoms with van der Waals surface area (Å²) in [5.41, 5.74) is 0. The molecule has 6 heteroatoms. The van der Waals surface area contributed by atoms with Crippen LogP contribution in [0.4, 0.5) is 0 Å². The Balaban J connectivity index is 2.01. The first-order valence-corrected chi connectivity index (χ1v) is 7.07. The number of carbonyl (C=O) groups is 2. The van der Waals surface area contributed by atoms with Crippen molar-refractivity contribution in [2.24, 2.45) is 13.0 Å². The van der Waals surface area contributed by atoms with E-state index in [0.717, 1.165) is 12.2 Å². The molecule has 0 saturated carbocycles. The molecule has 2 unspecified atom stereocenters. The van der Waals surface area contributed by atoms with E-state index in [1.807, 2.05) is 31.7 Å². The maximum Gasteiger partial charge on any atom is 0.245 e. The van der Waals surface area contributed by atoms with Crippen LogP contribution in [0.3, 0.4) is 0 Å². The number of hydrogen-bond donors (Lipinski definition) is 1. The second kappa shape index (κ2) is 6.07. The maximum absolute atomic E-state index is 12.4. The van der Waals surface area contributed by atoms with Gasteiger partial charge >= 0.3 is 0 Å². The molecule has 2 rings (SSSR count). The van der Waals surface area contributed by atoms with E-state index in [1.54, 1.807) is 11.1 Å². The lowest BCUT2D eigenvalue weighted by Gasteiger charge is -2.35. The molecule has 1 saturated heterocycles. The number of rotatable bonds is 5. The van der Waals surface area contributed by atoms with E-state index < -0.39 is 0 Å². The molecule has 1 aliphatic rings. The molecule has 0 aliphatic carbocycles. The molecule has 1 N–H and O–H groups in total. The van der Waals surface area contributed by atoms with Gasteiger partial charge in [-0.3, -0.25) is 9.59 Å². The van der Waals surface area contributed by atoms with E-state index in [-0.39, 0.29) is 30.3 Å². The summed E-state index contributed by atoms with van der Waals surface area (Å²) in [4.78, 5) is 30.0. The van der Waals surface area contributed by atoms with Crippen LogP contribution in [-0.2, 0) is 23.1 Å². The molecule has 0 aromatic carbocycles. The summed E-state index contributed by atoms with van der Waals surface area (Å²) in [6, 6.07) is -0.386. The summed E-state index contributed by atoms with van der Waals surface area (Å²) >= 11 is 0. The molecule has 1 aromatic heterocycles. The molecule has 0 radical (unpaired) electrons. The maximum atomic E-state index is 12.4. The Morgan fingerprint density at radius 1 is 1.50 bits per heavy atom. The van der Waals surface area contributed by atoms with E-state index in [0.29, 0.717) is 13.0 Å². The topological polar surface area (TPSA) is 67.2 Å². The van der Waals surface area contributed by atoms with Crippen LogP contribution in [0.25, 0.3) is 0 Å². The number of hydrogen-bond acceptors (Lipinski definition) is 3. The molecule has 2 heterocycles. The molecule has 20 heavy (non-hydrogen) atoms. The van der Waals surface area contributed by atoms with Crippen molar-refractivity contribution >= 4 is 11.8 Å². The molecule has 2 amide bonds. The first kappa shape index (κ1) is 14.6. The van der Waals surface area contributed by atoms with E-state index in [1.165, 1.54) is 0 Å². The van der Waals surface area contributed by atoms with Gasteiger partial charge in [0.05, 0.1) is 6.54 Å². The summed E-state index contributed by atoms with van der Waals surface area (Å²) in [6.07, 6.45) is 5.14. The van der Waals surface area contributed by atoms with Crippen molar-refractivity contribution in [1.29, 1.82) is 0 Å². The molecule has 1 aromatic rings. The van der Waals surface area contributed by atoms with Gasteiger partial charge in [-0.15, -0.1) is 0 Å². The quantitative estimate of drug-likeness (QED) is 0.844. The predicted octanol–water partition coefficient (Wildman–Crippen LogP) is 0.336. The molecule has 1 aliphatic heterocycles. The van der Waals surface area contributed by atoms with Gasteiger partial charge in [0, 0.05) is 32.4 Å². The first-order valence-electron chi connectivity index (χ1n) is 7.07. The van der Waals surface area contributed by atoms with Gasteiger partial charge in [0.25, 0.3) is 0 Å². The van der Waals surface area contributed by atoms with Crippen molar-refractivity contribution in [2.45, 2.75) is 32.7 Å². The average molecular weight is 278 g/mol. The van der Waals surface area contributed by atoms with Crippen LogP contribution in [-0.4, -0.2) is 45.4 Å². The highest BCUT2D eigenvalue weighted by Gasteiger charge is 2.35. The van der Waals surface area contributed by atoms with E-state index in [9.17, 15) is 9.59 Å². The van der Waals surface area contributed by atoms with Crippen LogP contribution in [0.5, 0.6) is 0 Å². The van der Waals surface area contributed by atoms with Gasteiger partial charge in [0.2, 0.25) is 11.8 Å². The SMILES string of the molecule is CCC(C)C1NC(=O)CN(CCc2nccn2C)C1=O. The minimum Gasteiger partial charge on any atom is -0.342 e. The number of piperazine rings is 1. The molecular weight excluding hydrogens is 256 g/mol. The molecule has 0 spiro atoms. The number of nitrogens with zero attached hydrogens (tertiary/aromatic N) is 3. The third kappa shape index (κ3) is 3.00. The van der Waals surface area contributed by atoms with Crippen LogP contribution in [0.15, 0.2) is 12.4 Å². The highest BCUT2D eigenvalue weighted by molar-refractivity contribution is 5.95. The Kier molecular flexibility index (Phi) is 4.42. The monoisotopic (exact) mass is 278 g/mol. The van der Waals surface area contributed by atoms with Crippen molar-refractivity contribution in [3.05, 3.63) is 18.2 Å². The zero-order chi connectivity index (χ0) is 14.7. The van der Waals surface area contributed by atoms with Gasteiger partial charge in [-0.1, -0.05) is 20.3 Å². The molecule has 2 atom stereocenters.